The van der Waals surface area contributed by atoms with Gasteiger partial charge in [0.2, 0.25) is 0 Å². The molecule has 1 saturated carbocycles. The number of guanidine groups is 1. The first-order chi connectivity index (χ1) is 14.1. The van der Waals surface area contributed by atoms with Crippen molar-refractivity contribution in [3.05, 3.63) is 65.7 Å². The highest BCUT2D eigenvalue weighted by molar-refractivity contribution is 5.80. The van der Waals surface area contributed by atoms with Crippen molar-refractivity contribution in [2.45, 2.75) is 38.3 Å². The van der Waals surface area contributed by atoms with Gasteiger partial charge in [0, 0.05) is 19.6 Å². The molecule has 0 spiro atoms. The molecule has 2 aromatic carbocycles. The predicted molar refractivity (Wildman–Crippen MR) is 116 cm³/mol. The molecular weight excluding hydrogens is 364 g/mol. The van der Waals surface area contributed by atoms with Gasteiger partial charge < -0.3 is 20.7 Å². The lowest BCUT2D eigenvalue weighted by atomic mass is 10.1. The van der Waals surface area contributed by atoms with Crippen LogP contribution in [0, 0.1) is 0 Å². The molecular formula is C23H30N4O2. The summed E-state index contributed by atoms with van der Waals surface area (Å²) in [4.78, 5) is 16.0. The molecule has 2 aromatic rings. The van der Waals surface area contributed by atoms with Gasteiger partial charge >= 0.3 is 0 Å². The Hall–Kier alpha value is -3.02. The molecule has 1 atom stereocenters. The van der Waals surface area contributed by atoms with Crippen LogP contribution >= 0.6 is 0 Å². The Morgan fingerprint density at radius 1 is 1.14 bits per heavy atom. The van der Waals surface area contributed by atoms with Crippen LogP contribution in [0.15, 0.2) is 59.6 Å². The molecule has 0 heterocycles. The Bertz CT molecular complexity index is 801. The number of nitrogens with one attached hydrogen (secondary N) is 3. The van der Waals surface area contributed by atoms with Crippen LogP contribution in [0.1, 0.15) is 36.9 Å². The van der Waals surface area contributed by atoms with Crippen molar-refractivity contribution >= 4 is 11.9 Å². The number of nitrogens with zero attached hydrogens (tertiary/aromatic N) is 1. The molecule has 3 N–H and O–H groups in total. The van der Waals surface area contributed by atoms with Crippen LogP contribution in [0.5, 0.6) is 5.75 Å². The lowest BCUT2D eigenvalue weighted by Gasteiger charge is -2.18. The fourth-order valence-electron chi connectivity index (χ4n) is 2.95. The predicted octanol–water partition coefficient (Wildman–Crippen LogP) is 2.81. The summed E-state index contributed by atoms with van der Waals surface area (Å²) >= 11 is 0. The van der Waals surface area contributed by atoms with Crippen molar-refractivity contribution in [3.8, 4) is 5.75 Å². The van der Waals surface area contributed by atoms with E-state index in [2.05, 4.69) is 40.0 Å². The van der Waals surface area contributed by atoms with Gasteiger partial charge in [0.1, 0.15) is 5.75 Å². The number of hydrogen-bond donors (Lipinski definition) is 3. The van der Waals surface area contributed by atoms with Crippen LogP contribution in [0.3, 0.4) is 0 Å². The smallest absolute Gasteiger partial charge is 0.258 e. The van der Waals surface area contributed by atoms with E-state index in [9.17, 15) is 4.79 Å². The highest BCUT2D eigenvalue weighted by Crippen LogP contribution is 2.18. The van der Waals surface area contributed by atoms with Gasteiger partial charge in [-0.3, -0.25) is 9.79 Å². The first-order valence-electron chi connectivity index (χ1n) is 10.2. The number of carbonyl (C=O) groups excluding carboxylic acids is 1. The van der Waals surface area contributed by atoms with Gasteiger partial charge in [-0.05, 0) is 49.4 Å². The topological polar surface area (TPSA) is 74.8 Å². The molecule has 1 unspecified atom stereocenters. The molecule has 0 aliphatic heterocycles. The van der Waals surface area contributed by atoms with Gasteiger partial charge in [0.15, 0.2) is 12.6 Å². The Labute approximate surface area is 172 Å². The summed E-state index contributed by atoms with van der Waals surface area (Å²) in [6, 6.07) is 18.7. The number of benzene rings is 2. The minimum absolute atomic E-state index is 0.0515. The standard InChI is InChI=1S/C23H30N4O2/c1-17(19-6-4-3-5-7-19)26-23(24-2)25-15-14-18-8-12-21(13-9-18)29-16-22(28)27-20-10-11-20/h3-9,12-13,17,20H,10-11,14-16H2,1-2H3,(H,27,28)(H2,24,25,26). The molecule has 0 bridgehead atoms. The molecule has 0 aromatic heterocycles. The van der Waals surface area contributed by atoms with Crippen molar-refractivity contribution in [3.63, 3.8) is 0 Å². The summed E-state index contributed by atoms with van der Waals surface area (Å²) in [5.41, 5.74) is 2.41. The van der Waals surface area contributed by atoms with Crippen LogP contribution in [0.4, 0.5) is 0 Å². The first kappa shape index (κ1) is 20.7. The van der Waals surface area contributed by atoms with E-state index in [1.165, 1.54) is 11.1 Å². The molecule has 1 aliphatic rings. The summed E-state index contributed by atoms with van der Waals surface area (Å²) < 4.78 is 5.54. The molecule has 29 heavy (non-hydrogen) atoms. The second-order valence-electron chi connectivity index (χ2n) is 7.30. The highest BCUT2D eigenvalue weighted by Gasteiger charge is 2.23. The molecule has 154 valence electrons. The van der Waals surface area contributed by atoms with E-state index in [1.807, 2.05) is 42.5 Å². The fraction of sp³-hybridized carbons (Fsp3) is 0.391. The van der Waals surface area contributed by atoms with Crippen LogP contribution in [-0.4, -0.2) is 38.1 Å². The van der Waals surface area contributed by atoms with Gasteiger partial charge in [0.25, 0.3) is 5.91 Å². The number of ether oxygens (including phenoxy) is 1. The van der Waals surface area contributed by atoms with Crippen molar-refractivity contribution in [2.24, 2.45) is 4.99 Å². The van der Waals surface area contributed by atoms with Crippen molar-refractivity contribution in [1.82, 2.24) is 16.0 Å². The zero-order valence-electron chi connectivity index (χ0n) is 17.2. The van der Waals surface area contributed by atoms with Gasteiger partial charge in [-0.25, -0.2) is 0 Å². The Balaban J connectivity index is 1.38. The fourth-order valence-corrected chi connectivity index (χ4v) is 2.95. The van der Waals surface area contributed by atoms with E-state index in [0.717, 1.165) is 31.8 Å². The molecule has 6 heteroatoms. The molecule has 1 amide bonds. The van der Waals surface area contributed by atoms with E-state index in [-0.39, 0.29) is 18.6 Å². The maximum atomic E-state index is 11.7. The van der Waals surface area contributed by atoms with Crippen molar-refractivity contribution in [1.29, 1.82) is 0 Å². The molecule has 1 fully saturated rings. The second kappa shape index (κ2) is 10.5. The summed E-state index contributed by atoms with van der Waals surface area (Å²) in [5, 5.41) is 9.67. The zero-order chi connectivity index (χ0) is 20.5. The van der Waals surface area contributed by atoms with E-state index in [0.29, 0.717) is 11.8 Å². The number of carbonyl (C=O) groups is 1. The first-order valence-corrected chi connectivity index (χ1v) is 10.2. The van der Waals surface area contributed by atoms with E-state index >= 15 is 0 Å². The van der Waals surface area contributed by atoms with Crippen LogP contribution < -0.4 is 20.7 Å². The van der Waals surface area contributed by atoms with Gasteiger partial charge in [-0.15, -0.1) is 0 Å². The quantitative estimate of drug-likeness (QED) is 0.452. The summed E-state index contributed by atoms with van der Waals surface area (Å²) in [5.74, 6) is 1.44. The average molecular weight is 395 g/mol. The minimum atomic E-state index is -0.0515. The number of hydrogen-bond acceptors (Lipinski definition) is 3. The Kier molecular flexibility index (Phi) is 7.50. The Morgan fingerprint density at radius 3 is 2.52 bits per heavy atom. The van der Waals surface area contributed by atoms with Crippen molar-refractivity contribution < 1.29 is 9.53 Å². The SMILES string of the molecule is CN=C(NCCc1ccc(OCC(=O)NC2CC2)cc1)NC(C)c1ccccc1. The maximum Gasteiger partial charge on any atom is 0.258 e. The normalized spacial score (nSPS) is 14.8. The summed E-state index contributed by atoms with van der Waals surface area (Å²) in [7, 11) is 1.78. The number of rotatable bonds is 9. The second-order valence-corrected chi connectivity index (χ2v) is 7.30. The third kappa shape index (κ3) is 7.14. The largest absolute Gasteiger partial charge is 0.484 e. The lowest BCUT2D eigenvalue weighted by molar-refractivity contribution is -0.123. The Morgan fingerprint density at radius 2 is 1.86 bits per heavy atom. The third-order valence-electron chi connectivity index (χ3n) is 4.82. The van der Waals surface area contributed by atoms with Crippen LogP contribution in [-0.2, 0) is 11.2 Å². The molecule has 6 nitrogen and oxygen atoms in total. The van der Waals surface area contributed by atoms with E-state index < -0.39 is 0 Å². The monoisotopic (exact) mass is 394 g/mol. The summed E-state index contributed by atoms with van der Waals surface area (Å²) in [6.45, 7) is 2.95. The molecule has 1 aliphatic carbocycles. The lowest BCUT2D eigenvalue weighted by Crippen LogP contribution is -2.39. The molecule has 0 saturated heterocycles. The maximum absolute atomic E-state index is 11.7. The van der Waals surface area contributed by atoms with Gasteiger partial charge in [0.05, 0.1) is 6.04 Å². The minimum Gasteiger partial charge on any atom is -0.484 e. The van der Waals surface area contributed by atoms with Gasteiger partial charge in [-0.2, -0.15) is 0 Å². The van der Waals surface area contributed by atoms with Gasteiger partial charge in [-0.1, -0.05) is 42.5 Å². The zero-order valence-corrected chi connectivity index (χ0v) is 17.2. The average Bonchev–Trinajstić information content (AvgIpc) is 3.57. The number of amides is 1. The number of aliphatic imine (C=N–C) groups is 1. The van der Waals surface area contributed by atoms with Crippen molar-refractivity contribution in [2.75, 3.05) is 20.2 Å². The van der Waals surface area contributed by atoms with E-state index in [1.54, 1.807) is 7.05 Å². The van der Waals surface area contributed by atoms with E-state index in [4.69, 9.17) is 4.74 Å². The summed E-state index contributed by atoms with van der Waals surface area (Å²) in [6.07, 6.45) is 3.03. The molecule has 3 rings (SSSR count). The van der Waals surface area contributed by atoms with Crippen LogP contribution in [0.25, 0.3) is 0 Å². The molecule has 0 radical (unpaired) electrons. The highest BCUT2D eigenvalue weighted by atomic mass is 16.5. The third-order valence-corrected chi connectivity index (χ3v) is 4.82. The van der Waals surface area contributed by atoms with Crippen LogP contribution in [0.2, 0.25) is 0 Å².